The van der Waals surface area contributed by atoms with Crippen LogP contribution in [-0.2, 0) is 6.54 Å². The van der Waals surface area contributed by atoms with Crippen LogP contribution < -0.4 is 4.90 Å². The SMILES string of the molecule is CCC(CO)N(Cc1ncccc1C)c1ccccc1. The van der Waals surface area contributed by atoms with Gasteiger partial charge in [-0.05, 0) is 37.1 Å². The van der Waals surface area contributed by atoms with Crippen molar-refractivity contribution in [3.05, 3.63) is 59.9 Å². The highest BCUT2D eigenvalue weighted by Gasteiger charge is 2.18. The third-order valence-electron chi connectivity index (χ3n) is 3.65. The van der Waals surface area contributed by atoms with Gasteiger partial charge in [-0.3, -0.25) is 4.98 Å². The molecular formula is C17H22N2O. The summed E-state index contributed by atoms with van der Waals surface area (Å²) in [5.41, 5.74) is 3.36. The van der Waals surface area contributed by atoms with Gasteiger partial charge in [-0.1, -0.05) is 31.2 Å². The Morgan fingerprint density at radius 1 is 1.15 bits per heavy atom. The second kappa shape index (κ2) is 7.06. The molecule has 0 spiro atoms. The van der Waals surface area contributed by atoms with E-state index in [0.29, 0.717) is 0 Å². The topological polar surface area (TPSA) is 36.4 Å². The first-order chi connectivity index (χ1) is 9.76. The predicted octanol–water partition coefficient (Wildman–Crippen LogP) is 3.17. The number of aryl methyl sites for hydroxylation is 1. The van der Waals surface area contributed by atoms with Crippen LogP contribution in [-0.4, -0.2) is 22.7 Å². The van der Waals surface area contributed by atoms with Crippen LogP contribution in [0, 0.1) is 6.92 Å². The van der Waals surface area contributed by atoms with Crippen molar-refractivity contribution in [2.45, 2.75) is 32.9 Å². The van der Waals surface area contributed by atoms with Crippen LogP contribution in [0.4, 0.5) is 5.69 Å². The van der Waals surface area contributed by atoms with Gasteiger partial charge >= 0.3 is 0 Å². The van der Waals surface area contributed by atoms with Gasteiger partial charge in [-0.25, -0.2) is 0 Å². The summed E-state index contributed by atoms with van der Waals surface area (Å²) in [4.78, 5) is 6.70. The van der Waals surface area contributed by atoms with Gasteiger partial charge in [0.1, 0.15) is 0 Å². The Kier molecular flexibility index (Phi) is 5.13. The fourth-order valence-corrected chi connectivity index (χ4v) is 2.34. The molecule has 1 heterocycles. The molecule has 0 aliphatic carbocycles. The molecule has 0 amide bonds. The van der Waals surface area contributed by atoms with Gasteiger partial charge in [0.05, 0.1) is 24.9 Å². The molecule has 3 heteroatoms. The maximum Gasteiger partial charge on any atom is 0.0635 e. The number of aliphatic hydroxyl groups is 1. The monoisotopic (exact) mass is 270 g/mol. The summed E-state index contributed by atoms with van der Waals surface area (Å²) < 4.78 is 0. The Morgan fingerprint density at radius 3 is 2.50 bits per heavy atom. The van der Waals surface area contributed by atoms with Crippen LogP contribution >= 0.6 is 0 Å². The fourth-order valence-electron chi connectivity index (χ4n) is 2.34. The van der Waals surface area contributed by atoms with E-state index in [0.717, 1.165) is 24.3 Å². The molecule has 1 aromatic heterocycles. The van der Waals surface area contributed by atoms with E-state index >= 15 is 0 Å². The predicted molar refractivity (Wildman–Crippen MR) is 82.8 cm³/mol. The quantitative estimate of drug-likeness (QED) is 0.876. The standard InChI is InChI=1S/C17H22N2O/c1-3-15(13-20)19(16-9-5-4-6-10-16)12-17-14(2)8-7-11-18-17/h4-11,15,20H,3,12-13H2,1-2H3. The molecule has 1 unspecified atom stereocenters. The van der Waals surface area contributed by atoms with Crippen molar-refractivity contribution in [3.8, 4) is 0 Å². The van der Waals surface area contributed by atoms with E-state index < -0.39 is 0 Å². The fraction of sp³-hybridized carbons (Fsp3) is 0.353. The van der Waals surface area contributed by atoms with E-state index in [1.807, 2.05) is 30.5 Å². The molecule has 1 N–H and O–H groups in total. The van der Waals surface area contributed by atoms with Crippen molar-refractivity contribution in [3.63, 3.8) is 0 Å². The molecule has 2 aromatic rings. The average molecular weight is 270 g/mol. The highest BCUT2D eigenvalue weighted by atomic mass is 16.3. The lowest BCUT2D eigenvalue weighted by atomic mass is 10.1. The Labute approximate surface area is 120 Å². The Balaban J connectivity index is 2.30. The van der Waals surface area contributed by atoms with Gasteiger partial charge in [0.2, 0.25) is 0 Å². The van der Waals surface area contributed by atoms with Crippen LogP contribution in [0.5, 0.6) is 0 Å². The van der Waals surface area contributed by atoms with E-state index in [-0.39, 0.29) is 12.6 Å². The molecule has 106 valence electrons. The zero-order valence-electron chi connectivity index (χ0n) is 12.2. The summed E-state index contributed by atoms with van der Waals surface area (Å²) in [5.74, 6) is 0. The summed E-state index contributed by atoms with van der Waals surface area (Å²) in [6, 6.07) is 14.4. The maximum absolute atomic E-state index is 9.64. The molecule has 20 heavy (non-hydrogen) atoms. The first-order valence-corrected chi connectivity index (χ1v) is 7.09. The number of aromatic nitrogens is 1. The average Bonchev–Trinajstić information content (AvgIpc) is 2.50. The minimum absolute atomic E-state index is 0.110. The van der Waals surface area contributed by atoms with E-state index in [1.165, 1.54) is 5.56 Å². The van der Waals surface area contributed by atoms with Crippen molar-refractivity contribution >= 4 is 5.69 Å². The summed E-state index contributed by atoms with van der Waals surface area (Å²) >= 11 is 0. The van der Waals surface area contributed by atoms with E-state index in [1.54, 1.807) is 0 Å². The number of rotatable bonds is 6. The number of pyridine rings is 1. The number of nitrogens with zero attached hydrogens (tertiary/aromatic N) is 2. The first kappa shape index (κ1) is 14.5. The van der Waals surface area contributed by atoms with Gasteiger partial charge in [0.15, 0.2) is 0 Å². The minimum atomic E-state index is 0.110. The summed E-state index contributed by atoms with van der Waals surface area (Å²) in [6.45, 7) is 5.04. The second-order valence-corrected chi connectivity index (χ2v) is 4.98. The smallest absolute Gasteiger partial charge is 0.0635 e. The van der Waals surface area contributed by atoms with Gasteiger partial charge in [-0.15, -0.1) is 0 Å². The lowest BCUT2D eigenvalue weighted by Gasteiger charge is -2.32. The molecular weight excluding hydrogens is 248 g/mol. The van der Waals surface area contributed by atoms with Crippen LogP contribution in [0.2, 0.25) is 0 Å². The van der Waals surface area contributed by atoms with Crippen LogP contribution in [0.25, 0.3) is 0 Å². The molecule has 0 bridgehead atoms. The third-order valence-corrected chi connectivity index (χ3v) is 3.65. The van der Waals surface area contributed by atoms with Crippen LogP contribution in [0.3, 0.4) is 0 Å². The molecule has 1 aromatic carbocycles. The Bertz CT molecular complexity index is 524. The summed E-state index contributed by atoms with van der Waals surface area (Å²) in [5, 5.41) is 9.64. The van der Waals surface area contributed by atoms with Gasteiger partial charge in [0.25, 0.3) is 0 Å². The number of aliphatic hydroxyl groups excluding tert-OH is 1. The molecule has 1 atom stereocenters. The summed E-state index contributed by atoms with van der Waals surface area (Å²) in [6.07, 6.45) is 2.72. The molecule has 0 radical (unpaired) electrons. The largest absolute Gasteiger partial charge is 0.394 e. The van der Waals surface area contributed by atoms with Crippen molar-refractivity contribution in [2.24, 2.45) is 0 Å². The van der Waals surface area contributed by atoms with E-state index in [4.69, 9.17) is 0 Å². The number of hydrogen-bond acceptors (Lipinski definition) is 3. The highest BCUT2D eigenvalue weighted by Crippen LogP contribution is 2.21. The van der Waals surface area contributed by atoms with Gasteiger partial charge in [-0.2, -0.15) is 0 Å². The molecule has 0 aliphatic rings. The van der Waals surface area contributed by atoms with Crippen molar-refractivity contribution in [2.75, 3.05) is 11.5 Å². The number of hydrogen-bond donors (Lipinski definition) is 1. The normalized spacial score (nSPS) is 12.2. The Morgan fingerprint density at radius 2 is 1.90 bits per heavy atom. The summed E-state index contributed by atoms with van der Waals surface area (Å²) in [7, 11) is 0. The van der Waals surface area contributed by atoms with Crippen LogP contribution in [0.15, 0.2) is 48.7 Å². The maximum atomic E-state index is 9.64. The molecule has 0 fully saturated rings. The second-order valence-electron chi connectivity index (χ2n) is 4.98. The van der Waals surface area contributed by atoms with Gasteiger partial charge in [0, 0.05) is 11.9 Å². The third kappa shape index (κ3) is 3.36. The van der Waals surface area contributed by atoms with Crippen LogP contribution in [0.1, 0.15) is 24.6 Å². The number of anilines is 1. The van der Waals surface area contributed by atoms with Crippen molar-refractivity contribution in [1.29, 1.82) is 0 Å². The molecule has 0 saturated carbocycles. The van der Waals surface area contributed by atoms with E-state index in [2.05, 4.69) is 41.9 Å². The molecule has 0 aliphatic heterocycles. The molecule has 3 nitrogen and oxygen atoms in total. The zero-order valence-corrected chi connectivity index (χ0v) is 12.2. The van der Waals surface area contributed by atoms with Crippen molar-refractivity contribution in [1.82, 2.24) is 4.98 Å². The lowest BCUT2D eigenvalue weighted by Crippen LogP contribution is -2.37. The number of para-hydroxylation sites is 1. The van der Waals surface area contributed by atoms with Gasteiger partial charge < -0.3 is 10.0 Å². The molecule has 0 saturated heterocycles. The van der Waals surface area contributed by atoms with E-state index in [9.17, 15) is 5.11 Å². The highest BCUT2D eigenvalue weighted by molar-refractivity contribution is 5.47. The zero-order chi connectivity index (χ0) is 14.4. The Hall–Kier alpha value is -1.87. The molecule has 2 rings (SSSR count). The van der Waals surface area contributed by atoms with Crippen molar-refractivity contribution < 1.29 is 5.11 Å². The number of benzene rings is 1. The minimum Gasteiger partial charge on any atom is -0.394 e. The first-order valence-electron chi connectivity index (χ1n) is 7.09. The lowest BCUT2D eigenvalue weighted by molar-refractivity contribution is 0.254.